The molecule has 4 heteroatoms. The number of nitrogens with one attached hydrogen (secondary N) is 1. The molecule has 1 saturated heterocycles. The third-order valence-electron chi connectivity index (χ3n) is 4.74. The highest BCUT2D eigenvalue weighted by Crippen LogP contribution is 2.32. The summed E-state index contributed by atoms with van der Waals surface area (Å²) in [6.07, 6.45) is 8.52. The molecule has 0 aromatic rings. The molecule has 0 aromatic heterocycles. The first-order valence-corrected chi connectivity index (χ1v) is 7.30. The number of hydrogen-bond donors (Lipinski definition) is 2. The summed E-state index contributed by atoms with van der Waals surface area (Å²) >= 11 is 0. The molecule has 0 unspecified atom stereocenters. The maximum atomic E-state index is 12.4. The quantitative estimate of drug-likeness (QED) is 0.794. The first-order chi connectivity index (χ1) is 8.71. The van der Waals surface area contributed by atoms with Gasteiger partial charge in [-0.2, -0.15) is 0 Å². The van der Waals surface area contributed by atoms with Gasteiger partial charge in [-0.05, 0) is 32.7 Å². The van der Waals surface area contributed by atoms with Crippen LogP contribution in [0.5, 0.6) is 0 Å². The normalized spacial score (nSPS) is 27.4. The Labute approximate surface area is 110 Å². The zero-order valence-electron chi connectivity index (χ0n) is 11.5. The van der Waals surface area contributed by atoms with Crippen molar-refractivity contribution < 1.29 is 9.90 Å². The Kier molecular flexibility index (Phi) is 4.62. The third kappa shape index (κ3) is 2.86. The highest BCUT2D eigenvalue weighted by molar-refractivity contribution is 5.78. The number of likely N-dealkylation sites (tertiary alicyclic amines) is 1. The standard InChI is InChI=1S/C14H26N2O2/c1-15-14(7-3-2-4-8-14)10-13(18)16-9-5-6-12(16)11-17/h12,15,17H,2-11H2,1H3/t12-/m1/s1. The maximum Gasteiger partial charge on any atom is 0.224 e. The molecule has 1 heterocycles. The molecule has 1 saturated carbocycles. The zero-order chi connectivity index (χ0) is 13.0. The van der Waals surface area contributed by atoms with Gasteiger partial charge in [0.25, 0.3) is 0 Å². The Morgan fingerprint density at radius 1 is 1.33 bits per heavy atom. The minimum Gasteiger partial charge on any atom is -0.394 e. The summed E-state index contributed by atoms with van der Waals surface area (Å²) in [6.45, 7) is 0.933. The van der Waals surface area contributed by atoms with Crippen LogP contribution in [-0.2, 0) is 4.79 Å². The van der Waals surface area contributed by atoms with Gasteiger partial charge in [-0.25, -0.2) is 0 Å². The minimum atomic E-state index is 0.0118. The van der Waals surface area contributed by atoms with Gasteiger partial charge in [-0.15, -0.1) is 0 Å². The van der Waals surface area contributed by atoms with Crippen LogP contribution < -0.4 is 5.32 Å². The van der Waals surface area contributed by atoms with Crippen LogP contribution in [0, 0.1) is 0 Å². The van der Waals surface area contributed by atoms with Crippen LogP contribution in [0.4, 0.5) is 0 Å². The molecule has 104 valence electrons. The van der Waals surface area contributed by atoms with E-state index in [1.54, 1.807) is 0 Å². The fraction of sp³-hybridized carbons (Fsp3) is 0.929. The van der Waals surface area contributed by atoms with Crippen LogP contribution in [0.1, 0.15) is 51.4 Å². The van der Waals surface area contributed by atoms with Crippen LogP contribution in [0.25, 0.3) is 0 Å². The zero-order valence-corrected chi connectivity index (χ0v) is 11.5. The van der Waals surface area contributed by atoms with E-state index in [9.17, 15) is 9.90 Å². The first kappa shape index (κ1) is 13.8. The number of carbonyl (C=O) groups is 1. The Morgan fingerprint density at radius 2 is 2.06 bits per heavy atom. The Bertz CT molecular complexity index is 288. The maximum absolute atomic E-state index is 12.4. The molecule has 0 bridgehead atoms. The molecule has 0 aromatic carbocycles. The summed E-state index contributed by atoms with van der Waals surface area (Å²) in [5, 5.41) is 12.7. The van der Waals surface area contributed by atoms with Gasteiger partial charge in [-0.3, -0.25) is 4.79 Å². The van der Waals surface area contributed by atoms with Gasteiger partial charge in [0.1, 0.15) is 0 Å². The van der Waals surface area contributed by atoms with Crippen LogP contribution in [0.15, 0.2) is 0 Å². The van der Waals surface area contributed by atoms with Crippen molar-refractivity contribution in [1.29, 1.82) is 0 Å². The molecule has 1 atom stereocenters. The molecular weight excluding hydrogens is 228 g/mol. The SMILES string of the molecule is CNC1(CC(=O)N2CCC[C@@H]2CO)CCCCC1. The lowest BCUT2D eigenvalue weighted by molar-refractivity contribution is -0.134. The topological polar surface area (TPSA) is 52.6 Å². The summed E-state index contributed by atoms with van der Waals surface area (Å²) in [5.74, 6) is 0.225. The van der Waals surface area contributed by atoms with E-state index in [0.717, 1.165) is 32.2 Å². The number of nitrogens with zero attached hydrogens (tertiary/aromatic N) is 1. The van der Waals surface area contributed by atoms with Crippen molar-refractivity contribution in [2.45, 2.75) is 62.9 Å². The van der Waals surface area contributed by atoms with Gasteiger partial charge in [-0.1, -0.05) is 19.3 Å². The largest absolute Gasteiger partial charge is 0.394 e. The van der Waals surface area contributed by atoms with Gasteiger partial charge in [0, 0.05) is 18.5 Å². The summed E-state index contributed by atoms with van der Waals surface area (Å²) in [7, 11) is 1.98. The lowest BCUT2D eigenvalue weighted by Gasteiger charge is -2.38. The number of aliphatic hydroxyl groups excluding tert-OH is 1. The predicted molar refractivity (Wildman–Crippen MR) is 71.3 cm³/mol. The number of carbonyl (C=O) groups excluding carboxylic acids is 1. The van der Waals surface area contributed by atoms with E-state index < -0.39 is 0 Å². The lowest BCUT2D eigenvalue weighted by atomic mass is 9.79. The van der Waals surface area contributed by atoms with Crippen molar-refractivity contribution in [2.75, 3.05) is 20.2 Å². The van der Waals surface area contributed by atoms with E-state index in [0.29, 0.717) is 6.42 Å². The van der Waals surface area contributed by atoms with Crippen molar-refractivity contribution in [3.63, 3.8) is 0 Å². The number of rotatable bonds is 4. The molecule has 2 aliphatic rings. The molecule has 1 amide bonds. The first-order valence-electron chi connectivity index (χ1n) is 7.30. The van der Waals surface area contributed by atoms with Gasteiger partial charge < -0.3 is 15.3 Å². The minimum absolute atomic E-state index is 0.0118. The summed E-state index contributed by atoms with van der Waals surface area (Å²) in [6, 6.07) is 0.0648. The molecular formula is C14H26N2O2. The van der Waals surface area contributed by atoms with E-state index in [2.05, 4.69) is 5.32 Å². The van der Waals surface area contributed by atoms with Crippen molar-refractivity contribution in [3.05, 3.63) is 0 Å². The van der Waals surface area contributed by atoms with E-state index in [1.165, 1.54) is 19.3 Å². The fourth-order valence-corrected chi connectivity index (χ4v) is 3.49. The Hall–Kier alpha value is -0.610. The average molecular weight is 254 g/mol. The van der Waals surface area contributed by atoms with Gasteiger partial charge in [0.2, 0.25) is 5.91 Å². The highest BCUT2D eigenvalue weighted by Gasteiger charge is 2.36. The molecule has 2 N–H and O–H groups in total. The molecule has 4 nitrogen and oxygen atoms in total. The van der Waals surface area contributed by atoms with E-state index in [1.807, 2.05) is 11.9 Å². The lowest BCUT2D eigenvalue weighted by Crippen LogP contribution is -2.50. The fourth-order valence-electron chi connectivity index (χ4n) is 3.49. The molecule has 2 rings (SSSR count). The predicted octanol–water partition coefficient (Wildman–Crippen LogP) is 1.28. The summed E-state index contributed by atoms with van der Waals surface area (Å²) in [5.41, 5.74) is 0.0118. The van der Waals surface area contributed by atoms with Crippen molar-refractivity contribution in [2.24, 2.45) is 0 Å². The number of hydrogen-bond acceptors (Lipinski definition) is 3. The second-order valence-corrected chi connectivity index (χ2v) is 5.83. The molecule has 2 fully saturated rings. The Morgan fingerprint density at radius 3 is 2.67 bits per heavy atom. The van der Waals surface area contributed by atoms with Gasteiger partial charge in [0.15, 0.2) is 0 Å². The summed E-state index contributed by atoms with van der Waals surface area (Å²) < 4.78 is 0. The van der Waals surface area contributed by atoms with Crippen LogP contribution in [-0.4, -0.2) is 47.7 Å². The van der Waals surface area contributed by atoms with Gasteiger partial charge >= 0.3 is 0 Å². The molecule has 0 spiro atoms. The van der Waals surface area contributed by atoms with Crippen molar-refractivity contribution >= 4 is 5.91 Å². The van der Waals surface area contributed by atoms with Crippen molar-refractivity contribution in [3.8, 4) is 0 Å². The van der Waals surface area contributed by atoms with Gasteiger partial charge in [0.05, 0.1) is 12.6 Å². The Balaban J connectivity index is 1.96. The van der Waals surface area contributed by atoms with Crippen molar-refractivity contribution in [1.82, 2.24) is 10.2 Å². The molecule has 1 aliphatic carbocycles. The smallest absolute Gasteiger partial charge is 0.224 e. The van der Waals surface area contributed by atoms with E-state index in [-0.39, 0.29) is 24.1 Å². The molecule has 1 aliphatic heterocycles. The van der Waals surface area contributed by atoms with Crippen LogP contribution in [0.3, 0.4) is 0 Å². The van der Waals surface area contributed by atoms with Crippen LogP contribution in [0.2, 0.25) is 0 Å². The second-order valence-electron chi connectivity index (χ2n) is 5.83. The second kappa shape index (κ2) is 6.02. The highest BCUT2D eigenvalue weighted by atomic mass is 16.3. The average Bonchev–Trinajstić information content (AvgIpc) is 2.88. The molecule has 0 radical (unpaired) electrons. The van der Waals surface area contributed by atoms with Crippen LogP contribution >= 0.6 is 0 Å². The van der Waals surface area contributed by atoms with E-state index >= 15 is 0 Å². The number of amides is 1. The number of aliphatic hydroxyl groups is 1. The monoisotopic (exact) mass is 254 g/mol. The molecule has 18 heavy (non-hydrogen) atoms. The van der Waals surface area contributed by atoms with E-state index in [4.69, 9.17) is 0 Å². The third-order valence-corrected chi connectivity index (χ3v) is 4.74. The summed E-state index contributed by atoms with van der Waals surface area (Å²) in [4.78, 5) is 14.3.